The lowest BCUT2D eigenvalue weighted by Crippen LogP contribution is -2.04. The maximum absolute atomic E-state index is 6.10. The molecule has 0 amide bonds. The number of alkyl halides is 1. The van der Waals surface area contributed by atoms with Crippen LogP contribution in [-0.4, -0.2) is 0 Å². The summed E-state index contributed by atoms with van der Waals surface area (Å²) in [5.41, 5.74) is 7.20. The zero-order valence-electron chi connectivity index (χ0n) is 12.9. The van der Waals surface area contributed by atoms with E-state index in [2.05, 4.69) is 54.9 Å². The van der Waals surface area contributed by atoms with E-state index in [1.165, 1.54) is 22.3 Å². The summed E-state index contributed by atoms with van der Waals surface area (Å²) in [6.07, 6.45) is 0. The second-order valence-electron chi connectivity index (χ2n) is 5.51. The molecule has 0 spiro atoms. The summed E-state index contributed by atoms with van der Waals surface area (Å²) in [6.45, 7) is 9.01. The fourth-order valence-corrected chi connectivity index (χ4v) is 3.51. The first-order chi connectivity index (χ1) is 9.92. The summed E-state index contributed by atoms with van der Waals surface area (Å²) in [7, 11) is 0. The number of aryl methyl sites for hydroxylation is 4. The van der Waals surface area contributed by atoms with Gasteiger partial charge in [0.05, 0.1) is 5.88 Å². The number of ether oxygens (including phenoxy) is 1. The van der Waals surface area contributed by atoms with Crippen LogP contribution in [0.4, 0.5) is 0 Å². The van der Waals surface area contributed by atoms with Crippen LogP contribution in [0.2, 0.25) is 0 Å². The Labute approximate surface area is 140 Å². The summed E-state index contributed by atoms with van der Waals surface area (Å²) < 4.78 is 7.13. The summed E-state index contributed by atoms with van der Waals surface area (Å²) >= 11 is 9.54. The first-order valence-corrected chi connectivity index (χ1v) is 8.29. The maximum atomic E-state index is 6.10. The van der Waals surface area contributed by atoms with Crippen molar-refractivity contribution in [2.75, 3.05) is 0 Å². The van der Waals surface area contributed by atoms with E-state index in [9.17, 15) is 0 Å². The molecular formula is C18H20BrClO. The summed E-state index contributed by atoms with van der Waals surface area (Å²) in [4.78, 5) is 0. The number of hydrogen-bond acceptors (Lipinski definition) is 1. The van der Waals surface area contributed by atoms with Crippen molar-refractivity contribution in [2.45, 2.75) is 40.2 Å². The third-order valence-corrected chi connectivity index (χ3v) is 4.41. The van der Waals surface area contributed by atoms with Crippen molar-refractivity contribution in [3.63, 3.8) is 0 Å². The Hall–Kier alpha value is -0.990. The van der Waals surface area contributed by atoms with Crippen molar-refractivity contribution in [1.29, 1.82) is 0 Å². The normalized spacial score (nSPS) is 10.8. The highest BCUT2D eigenvalue weighted by atomic mass is 79.9. The van der Waals surface area contributed by atoms with Crippen molar-refractivity contribution >= 4 is 27.5 Å². The first kappa shape index (κ1) is 16.4. The van der Waals surface area contributed by atoms with E-state index >= 15 is 0 Å². The van der Waals surface area contributed by atoms with Crippen LogP contribution in [0, 0.1) is 27.7 Å². The average molecular weight is 368 g/mol. The molecule has 2 aromatic carbocycles. The molecule has 0 bridgehead atoms. The zero-order chi connectivity index (χ0) is 15.6. The largest absolute Gasteiger partial charge is 0.488 e. The quantitative estimate of drug-likeness (QED) is 0.602. The lowest BCUT2D eigenvalue weighted by molar-refractivity contribution is 0.300. The van der Waals surface area contributed by atoms with Gasteiger partial charge in [-0.2, -0.15) is 0 Å². The lowest BCUT2D eigenvalue weighted by Gasteiger charge is -2.16. The van der Waals surface area contributed by atoms with E-state index < -0.39 is 0 Å². The van der Waals surface area contributed by atoms with Crippen LogP contribution < -0.4 is 4.74 Å². The topological polar surface area (TPSA) is 9.23 Å². The number of benzene rings is 2. The Morgan fingerprint density at radius 2 is 1.57 bits per heavy atom. The Bertz CT molecular complexity index is 642. The monoisotopic (exact) mass is 366 g/mol. The van der Waals surface area contributed by atoms with Gasteiger partial charge in [0.1, 0.15) is 12.4 Å². The van der Waals surface area contributed by atoms with Gasteiger partial charge in [0.15, 0.2) is 0 Å². The Morgan fingerprint density at radius 1 is 0.952 bits per heavy atom. The molecule has 0 saturated heterocycles. The molecule has 2 rings (SSSR count). The van der Waals surface area contributed by atoms with E-state index in [0.717, 1.165) is 21.3 Å². The fraction of sp³-hybridized carbons (Fsp3) is 0.333. The van der Waals surface area contributed by atoms with Gasteiger partial charge in [-0.3, -0.25) is 0 Å². The molecular weight excluding hydrogens is 348 g/mol. The summed E-state index contributed by atoms with van der Waals surface area (Å²) in [5.74, 6) is 1.34. The molecule has 21 heavy (non-hydrogen) atoms. The molecule has 0 aliphatic rings. The molecule has 0 aromatic heterocycles. The second kappa shape index (κ2) is 6.85. The minimum Gasteiger partial charge on any atom is -0.488 e. The molecule has 0 fully saturated rings. The highest BCUT2D eigenvalue weighted by Gasteiger charge is 2.11. The van der Waals surface area contributed by atoms with Crippen molar-refractivity contribution in [3.8, 4) is 5.75 Å². The molecule has 0 atom stereocenters. The van der Waals surface area contributed by atoms with Crippen LogP contribution in [-0.2, 0) is 12.5 Å². The van der Waals surface area contributed by atoms with Gasteiger partial charge in [-0.05, 0) is 62.1 Å². The number of rotatable bonds is 4. The molecule has 0 unspecified atom stereocenters. The van der Waals surface area contributed by atoms with Crippen LogP contribution in [0.1, 0.15) is 33.4 Å². The Morgan fingerprint density at radius 3 is 2.14 bits per heavy atom. The molecule has 0 aliphatic carbocycles. The van der Waals surface area contributed by atoms with Crippen molar-refractivity contribution < 1.29 is 4.74 Å². The fourth-order valence-electron chi connectivity index (χ4n) is 2.69. The zero-order valence-corrected chi connectivity index (χ0v) is 15.2. The van der Waals surface area contributed by atoms with Gasteiger partial charge < -0.3 is 4.74 Å². The molecule has 1 nitrogen and oxygen atoms in total. The SMILES string of the molecule is Cc1cc(C)c(COc2c(C)cc(Br)cc2CCl)c(C)c1. The Kier molecular flexibility index (Phi) is 5.34. The molecule has 0 aliphatic heterocycles. The third-order valence-electron chi connectivity index (χ3n) is 3.66. The molecule has 112 valence electrons. The Balaban J connectivity index is 2.29. The van der Waals surface area contributed by atoms with Gasteiger partial charge in [-0.15, -0.1) is 11.6 Å². The average Bonchev–Trinajstić information content (AvgIpc) is 2.38. The highest BCUT2D eigenvalue weighted by Crippen LogP contribution is 2.30. The minimum atomic E-state index is 0.446. The van der Waals surface area contributed by atoms with Crippen LogP contribution in [0.15, 0.2) is 28.7 Å². The highest BCUT2D eigenvalue weighted by molar-refractivity contribution is 9.10. The lowest BCUT2D eigenvalue weighted by atomic mass is 10.0. The van der Waals surface area contributed by atoms with Gasteiger partial charge in [0.25, 0.3) is 0 Å². The first-order valence-electron chi connectivity index (χ1n) is 6.97. The molecule has 0 saturated carbocycles. The van der Waals surface area contributed by atoms with Crippen molar-refractivity contribution in [2.24, 2.45) is 0 Å². The predicted molar refractivity (Wildman–Crippen MR) is 93.4 cm³/mol. The van der Waals surface area contributed by atoms with E-state index in [4.69, 9.17) is 16.3 Å². The number of hydrogen-bond donors (Lipinski definition) is 0. The van der Waals surface area contributed by atoms with Gasteiger partial charge in [-0.25, -0.2) is 0 Å². The van der Waals surface area contributed by atoms with Crippen molar-refractivity contribution in [1.82, 2.24) is 0 Å². The maximum Gasteiger partial charge on any atom is 0.127 e. The van der Waals surface area contributed by atoms with Gasteiger partial charge in [-0.1, -0.05) is 33.6 Å². The van der Waals surface area contributed by atoms with Gasteiger partial charge in [0.2, 0.25) is 0 Å². The van der Waals surface area contributed by atoms with Gasteiger partial charge >= 0.3 is 0 Å². The third kappa shape index (κ3) is 3.81. The smallest absolute Gasteiger partial charge is 0.127 e. The number of halogens is 2. The van der Waals surface area contributed by atoms with Crippen LogP contribution in [0.5, 0.6) is 5.75 Å². The summed E-state index contributed by atoms with van der Waals surface area (Å²) in [6, 6.07) is 8.47. The molecule has 0 heterocycles. The van der Waals surface area contributed by atoms with Crippen molar-refractivity contribution in [3.05, 3.63) is 62.1 Å². The molecule has 0 radical (unpaired) electrons. The second-order valence-corrected chi connectivity index (χ2v) is 6.69. The summed E-state index contributed by atoms with van der Waals surface area (Å²) in [5, 5.41) is 0. The molecule has 2 aromatic rings. The van der Waals surface area contributed by atoms with Crippen LogP contribution >= 0.6 is 27.5 Å². The van der Waals surface area contributed by atoms with Gasteiger partial charge in [0, 0.05) is 10.0 Å². The predicted octanol–water partition coefficient (Wildman–Crippen LogP) is 6.00. The molecule has 3 heteroatoms. The van der Waals surface area contributed by atoms with E-state index in [0.29, 0.717) is 12.5 Å². The van der Waals surface area contributed by atoms with E-state index in [1.54, 1.807) is 0 Å². The molecule has 0 N–H and O–H groups in total. The minimum absolute atomic E-state index is 0.446. The van der Waals surface area contributed by atoms with Crippen LogP contribution in [0.3, 0.4) is 0 Å². The standard InChI is InChI=1S/C18H20BrClO/c1-11-5-12(2)17(13(3)6-11)10-21-18-14(4)7-16(19)8-15(18)9-20/h5-8H,9-10H2,1-4H3. The van der Waals surface area contributed by atoms with Crippen LogP contribution in [0.25, 0.3) is 0 Å². The van der Waals surface area contributed by atoms with E-state index in [-0.39, 0.29) is 0 Å². The van der Waals surface area contributed by atoms with E-state index in [1.807, 2.05) is 13.0 Å².